The second-order valence-electron chi connectivity index (χ2n) is 5.42. The largest absolute Gasteiger partial charge is 0.495 e. The van der Waals surface area contributed by atoms with Gasteiger partial charge in [-0.1, -0.05) is 18.3 Å². The summed E-state index contributed by atoms with van der Waals surface area (Å²) in [6.45, 7) is 2.01. The fraction of sp³-hybridized carbons (Fsp3) is 0.176. The minimum Gasteiger partial charge on any atom is -0.495 e. The summed E-state index contributed by atoms with van der Waals surface area (Å²) in [6.07, 6.45) is 2.20. The number of ether oxygens (including phenoxy) is 1. The minimum atomic E-state index is -0.350. The third-order valence-electron chi connectivity index (χ3n) is 3.81. The quantitative estimate of drug-likeness (QED) is 0.580. The van der Waals surface area contributed by atoms with Gasteiger partial charge in [0.1, 0.15) is 10.8 Å². The van der Waals surface area contributed by atoms with Crippen LogP contribution in [0, 0.1) is 0 Å². The Hall–Kier alpha value is -3.20. The zero-order chi connectivity index (χ0) is 18.1. The molecule has 3 aromatic heterocycles. The molecule has 26 heavy (non-hydrogen) atoms. The molecule has 0 saturated carbocycles. The summed E-state index contributed by atoms with van der Waals surface area (Å²) in [4.78, 5) is 13.0. The van der Waals surface area contributed by atoms with Crippen molar-refractivity contribution in [3.8, 4) is 16.3 Å². The third kappa shape index (κ3) is 2.82. The van der Waals surface area contributed by atoms with Crippen LogP contribution < -0.4 is 10.1 Å². The Balaban J connectivity index is 1.70. The normalized spacial score (nSPS) is 11.0. The van der Waals surface area contributed by atoms with Gasteiger partial charge in [-0.3, -0.25) is 4.79 Å². The Labute approximate surface area is 152 Å². The van der Waals surface area contributed by atoms with E-state index in [-0.39, 0.29) is 11.7 Å². The number of aryl methyl sites for hydroxylation is 1. The number of rotatable bonds is 5. The molecular formula is C17H15N5O3S. The molecule has 0 atom stereocenters. The first-order valence-corrected chi connectivity index (χ1v) is 8.75. The number of aromatic nitrogens is 4. The number of nitrogens with zero attached hydrogens (tertiary/aromatic N) is 4. The van der Waals surface area contributed by atoms with Crippen molar-refractivity contribution in [2.75, 3.05) is 12.4 Å². The summed E-state index contributed by atoms with van der Waals surface area (Å²) < 4.78 is 12.2. The lowest BCUT2D eigenvalue weighted by Crippen LogP contribution is -2.11. The molecule has 1 amide bonds. The average Bonchev–Trinajstić information content (AvgIpc) is 3.38. The van der Waals surface area contributed by atoms with Crippen LogP contribution in [0.5, 0.6) is 5.75 Å². The topological polar surface area (TPSA) is 94.6 Å². The van der Waals surface area contributed by atoms with Gasteiger partial charge in [0.15, 0.2) is 11.6 Å². The van der Waals surface area contributed by atoms with Crippen LogP contribution in [0.4, 0.5) is 5.69 Å². The highest BCUT2D eigenvalue weighted by Gasteiger charge is 2.16. The number of hydrogen-bond acceptors (Lipinski definition) is 7. The van der Waals surface area contributed by atoms with Gasteiger partial charge in [-0.05, 0) is 30.3 Å². The van der Waals surface area contributed by atoms with Crippen LogP contribution in [-0.4, -0.2) is 32.8 Å². The van der Waals surface area contributed by atoms with Crippen LogP contribution >= 0.6 is 11.3 Å². The summed E-state index contributed by atoms with van der Waals surface area (Å²) in [5, 5.41) is 16.4. The van der Waals surface area contributed by atoms with E-state index < -0.39 is 0 Å². The highest BCUT2D eigenvalue weighted by molar-refractivity contribution is 7.19. The van der Waals surface area contributed by atoms with Crippen LogP contribution in [-0.2, 0) is 6.42 Å². The van der Waals surface area contributed by atoms with Gasteiger partial charge in [-0.2, -0.15) is 9.61 Å². The van der Waals surface area contributed by atoms with Crippen molar-refractivity contribution in [3.05, 3.63) is 48.2 Å². The lowest BCUT2D eigenvalue weighted by atomic mass is 10.2. The molecular weight excluding hydrogens is 354 g/mol. The van der Waals surface area contributed by atoms with E-state index in [1.165, 1.54) is 17.6 Å². The Morgan fingerprint density at radius 2 is 2.23 bits per heavy atom. The van der Waals surface area contributed by atoms with Crippen LogP contribution in [0.3, 0.4) is 0 Å². The van der Waals surface area contributed by atoms with Crippen molar-refractivity contribution in [1.29, 1.82) is 0 Å². The predicted molar refractivity (Wildman–Crippen MR) is 96.7 cm³/mol. The smallest absolute Gasteiger partial charge is 0.291 e. The third-order valence-corrected chi connectivity index (χ3v) is 4.76. The summed E-state index contributed by atoms with van der Waals surface area (Å²) in [7, 11) is 1.55. The molecule has 0 saturated heterocycles. The van der Waals surface area contributed by atoms with Crippen LogP contribution in [0.25, 0.3) is 15.5 Å². The second kappa shape index (κ2) is 6.60. The Morgan fingerprint density at radius 1 is 1.35 bits per heavy atom. The SMILES string of the molecule is CCc1nnc2sc(-c3ccc(OC)c(NC(=O)c4ccco4)c3)nn12. The van der Waals surface area contributed by atoms with Crippen molar-refractivity contribution < 1.29 is 13.9 Å². The molecule has 0 bridgehead atoms. The number of furan rings is 1. The fourth-order valence-electron chi connectivity index (χ4n) is 2.52. The lowest BCUT2D eigenvalue weighted by Gasteiger charge is -2.10. The van der Waals surface area contributed by atoms with Crippen LogP contribution in [0.15, 0.2) is 41.0 Å². The van der Waals surface area contributed by atoms with E-state index in [1.807, 2.05) is 19.1 Å². The number of nitrogens with one attached hydrogen (secondary N) is 1. The van der Waals surface area contributed by atoms with Crippen molar-refractivity contribution in [2.24, 2.45) is 0 Å². The van der Waals surface area contributed by atoms with Crippen molar-refractivity contribution in [1.82, 2.24) is 19.8 Å². The Kier molecular flexibility index (Phi) is 4.13. The molecule has 0 aliphatic heterocycles. The molecule has 0 aliphatic rings. The summed E-state index contributed by atoms with van der Waals surface area (Å²) in [6, 6.07) is 8.75. The van der Waals surface area contributed by atoms with E-state index in [0.717, 1.165) is 27.8 Å². The molecule has 3 heterocycles. The van der Waals surface area contributed by atoms with Crippen molar-refractivity contribution in [2.45, 2.75) is 13.3 Å². The maximum absolute atomic E-state index is 12.3. The number of benzene rings is 1. The fourth-order valence-corrected chi connectivity index (χ4v) is 3.38. The van der Waals surface area contributed by atoms with E-state index in [4.69, 9.17) is 9.15 Å². The monoisotopic (exact) mass is 369 g/mol. The van der Waals surface area contributed by atoms with Crippen molar-refractivity contribution in [3.63, 3.8) is 0 Å². The van der Waals surface area contributed by atoms with Crippen molar-refractivity contribution >= 4 is 27.9 Å². The van der Waals surface area contributed by atoms with Crippen LogP contribution in [0.1, 0.15) is 23.3 Å². The maximum atomic E-state index is 12.3. The zero-order valence-electron chi connectivity index (χ0n) is 14.1. The van der Waals surface area contributed by atoms with E-state index >= 15 is 0 Å². The summed E-state index contributed by atoms with van der Waals surface area (Å²) in [5.41, 5.74) is 1.38. The van der Waals surface area contributed by atoms with Crippen LogP contribution in [0.2, 0.25) is 0 Å². The molecule has 4 rings (SSSR count). The van der Waals surface area contributed by atoms with Gasteiger partial charge in [-0.25, -0.2) is 0 Å². The minimum absolute atomic E-state index is 0.226. The number of methoxy groups -OCH3 is 1. The van der Waals surface area contributed by atoms with Gasteiger partial charge in [-0.15, -0.1) is 10.2 Å². The Morgan fingerprint density at radius 3 is 2.96 bits per heavy atom. The molecule has 1 aromatic carbocycles. The molecule has 9 heteroatoms. The molecule has 132 valence electrons. The predicted octanol–water partition coefficient (Wildman–Crippen LogP) is 3.27. The zero-order valence-corrected chi connectivity index (χ0v) is 14.9. The number of hydrogen-bond donors (Lipinski definition) is 1. The number of anilines is 1. The molecule has 0 fully saturated rings. The molecule has 8 nitrogen and oxygen atoms in total. The number of carbonyl (C=O) groups is 1. The van der Waals surface area contributed by atoms with E-state index in [9.17, 15) is 4.79 Å². The average molecular weight is 369 g/mol. The van der Waals surface area contributed by atoms with Gasteiger partial charge in [0.05, 0.1) is 19.1 Å². The standard InChI is InChI=1S/C17H15N5O3S/c1-3-14-19-20-17-22(14)21-16(26-17)10-6-7-12(24-2)11(9-10)18-15(23)13-5-4-8-25-13/h4-9H,3H2,1-2H3,(H,18,23). The van der Waals surface area contributed by atoms with Gasteiger partial charge >= 0.3 is 0 Å². The number of fused-ring (bicyclic) bond motifs is 1. The highest BCUT2D eigenvalue weighted by atomic mass is 32.1. The molecule has 0 radical (unpaired) electrons. The molecule has 0 spiro atoms. The number of carbonyl (C=O) groups excluding carboxylic acids is 1. The molecule has 4 aromatic rings. The van der Waals surface area contributed by atoms with Gasteiger partial charge in [0.2, 0.25) is 4.96 Å². The van der Waals surface area contributed by atoms with E-state index in [2.05, 4.69) is 20.6 Å². The first-order chi connectivity index (χ1) is 12.7. The molecule has 0 aliphatic carbocycles. The highest BCUT2D eigenvalue weighted by Crippen LogP contribution is 2.33. The molecule has 0 unspecified atom stereocenters. The second-order valence-corrected chi connectivity index (χ2v) is 6.37. The lowest BCUT2D eigenvalue weighted by molar-refractivity contribution is 0.0996. The van der Waals surface area contributed by atoms with Gasteiger partial charge in [0.25, 0.3) is 5.91 Å². The molecule has 1 N–H and O–H groups in total. The van der Waals surface area contributed by atoms with Gasteiger partial charge in [0, 0.05) is 12.0 Å². The maximum Gasteiger partial charge on any atom is 0.291 e. The first kappa shape index (κ1) is 16.3. The van der Waals surface area contributed by atoms with E-state index in [1.54, 1.807) is 29.8 Å². The van der Waals surface area contributed by atoms with Gasteiger partial charge < -0.3 is 14.5 Å². The summed E-state index contributed by atoms with van der Waals surface area (Å²) >= 11 is 1.43. The summed E-state index contributed by atoms with van der Waals surface area (Å²) in [5.74, 6) is 1.23. The van der Waals surface area contributed by atoms with E-state index in [0.29, 0.717) is 11.4 Å². The first-order valence-electron chi connectivity index (χ1n) is 7.94. The number of amides is 1. The Bertz CT molecular complexity index is 1070.